The molecule has 0 saturated carbocycles. The second kappa shape index (κ2) is 10.9. The smallest absolute Gasteiger partial charge is 0.253 e. The molecule has 0 atom stereocenters. The molecule has 1 N–H and O–H groups in total. The predicted octanol–water partition coefficient (Wildman–Crippen LogP) is 0.813. The van der Waals surface area contributed by atoms with E-state index >= 15 is 0 Å². The minimum absolute atomic E-state index is 0.0429. The summed E-state index contributed by atoms with van der Waals surface area (Å²) in [5.41, 5.74) is 0. The number of hydrogen-bond donors (Lipinski definition) is 1. The highest BCUT2D eigenvalue weighted by molar-refractivity contribution is 6.12. The molecule has 6 heteroatoms. The highest BCUT2D eigenvalue weighted by Gasteiger charge is 2.22. The maximum atomic E-state index is 11.2. The van der Waals surface area contributed by atoms with Gasteiger partial charge >= 0.3 is 0 Å². The summed E-state index contributed by atoms with van der Waals surface area (Å²) in [4.78, 5) is 44.7. The molecular weight excluding hydrogens is 260 g/mol. The van der Waals surface area contributed by atoms with E-state index < -0.39 is 0 Å². The summed E-state index contributed by atoms with van der Waals surface area (Å²) in [6.45, 7) is 4.43. The van der Waals surface area contributed by atoms with E-state index in [1.54, 1.807) is 0 Å². The van der Waals surface area contributed by atoms with Crippen LogP contribution in [0.5, 0.6) is 0 Å². The van der Waals surface area contributed by atoms with Crippen molar-refractivity contribution in [3.05, 3.63) is 12.2 Å². The molecule has 20 heavy (non-hydrogen) atoms. The molecule has 0 fully saturated rings. The molecule has 1 heterocycles. The fraction of sp³-hybridized carbons (Fsp3) is 0.571. The van der Waals surface area contributed by atoms with Gasteiger partial charge in [-0.15, -0.1) is 0 Å². The fourth-order valence-electron chi connectivity index (χ4n) is 1.63. The Labute approximate surface area is 119 Å². The van der Waals surface area contributed by atoms with E-state index in [2.05, 4.69) is 5.32 Å². The van der Waals surface area contributed by atoms with E-state index in [0.29, 0.717) is 32.1 Å². The number of aldehydes is 1. The van der Waals surface area contributed by atoms with Crippen molar-refractivity contribution in [1.82, 2.24) is 10.2 Å². The van der Waals surface area contributed by atoms with Crippen LogP contribution in [0.25, 0.3) is 0 Å². The number of amides is 3. The number of unbranched alkanes of at least 4 members (excludes halogenated alkanes) is 2. The molecule has 0 aromatic heterocycles. The summed E-state index contributed by atoms with van der Waals surface area (Å²) in [6, 6.07) is 0. The molecule has 0 unspecified atom stereocenters. The van der Waals surface area contributed by atoms with Crippen molar-refractivity contribution in [3.8, 4) is 0 Å². The van der Waals surface area contributed by atoms with Gasteiger partial charge in [-0.3, -0.25) is 19.3 Å². The lowest BCUT2D eigenvalue weighted by Gasteiger charge is -2.12. The van der Waals surface area contributed by atoms with Crippen molar-refractivity contribution in [3.63, 3.8) is 0 Å². The van der Waals surface area contributed by atoms with Gasteiger partial charge in [0.25, 0.3) is 11.8 Å². The molecule has 0 bridgehead atoms. The monoisotopic (exact) mass is 282 g/mol. The lowest BCUT2D eigenvalue weighted by atomic mass is 10.2. The average molecular weight is 282 g/mol. The molecule has 3 amide bonds. The third-order valence-electron chi connectivity index (χ3n) is 2.57. The van der Waals surface area contributed by atoms with Crippen LogP contribution < -0.4 is 5.32 Å². The quantitative estimate of drug-likeness (QED) is 0.406. The predicted molar refractivity (Wildman–Crippen MR) is 74.7 cm³/mol. The van der Waals surface area contributed by atoms with Gasteiger partial charge in [-0.1, -0.05) is 20.3 Å². The van der Waals surface area contributed by atoms with E-state index in [9.17, 15) is 19.2 Å². The Morgan fingerprint density at radius 1 is 1.15 bits per heavy atom. The van der Waals surface area contributed by atoms with Crippen molar-refractivity contribution in [2.45, 2.75) is 39.5 Å². The molecule has 0 radical (unpaired) electrons. The van der Waals surface area contributed by atoms with Crippen LogP contribution in [-0.2, 0) is 19.2 Å². The number of carbonyl (C=O) groups is 4. The van der Waals surface area contributed by atoms with E-state index in [0.717, 1.165) is 6.42 Å². The molecule has 0 spiro atoms. The van der Waals surface area contributed by atoms with Crippen molar-refractivity contribution >= 4 is 24.0 Å². The van der Waals surface area contributed by atoms with Crippen molar-refractivity contribution in [2.24, 2.45) is 0 Å². The van der Waals surface area contributed by atoms with E-state index in [-0.39, 0.29) is 24.3 Å². The first-order valence-corrected chi connectivity index (χ1v) is 6.89. The Morgan fingerprint density at radius 3 is 2.30 bits per heavy atom. The highest BCUT2D eigenvalue weighted by atomic mass is 16.2. The van der Waals surface area contributed by atoms with Gasteiger partial charge in [0.05, 0.1) is 6.54 Å². The first-order chi connectivity index (χ1) is 9.65. The van der Waals surface area contributed by atoms with E-state index in [1.807, 2.05) is 13.8 Å². The van der Waals surface area contributed by atoms with Gasteiger partial charge in [-0.2, -0.15) is 0 Å². The molecule has 1 rings (SSSR count). The molecule has 0 aliphatic carbocycles. The second-order valence-electron chi connectivity index (χ2n) is 3.94. The number of carbonyl (C=O) groups excluding carboxylic acids is 4. The zero-order chi connectivity index (χ0) is 15.4. The maximum Gasteiger partial charge on any atom is 0.253 e. The Balaban J connectivity index is 0.00000172. The first-order valence-electron chi connectivity index (χ1n) is 6.89. The zero-order valence-corrected chi connectivity index (χ0v) is 12.1. The van der Waals surface area contributed by atoms with E-state index in [4.69, 9.17) is 0 Å². The maximum absolute atomic E-state index is 11.2. The number of rotatable bonds is 8. The Kier molecular flexibility index (Phi) is 9.82. The number of nitrogens with zero attached hydrogens (tertiary/aromatic N) is 1. The van der Waals surface area contributed by atoms with Gasteiger partial charge in [0, 0.05) is 25.1 Å². The lowest BCUT2D eigenvalue weighted by molar-refractivity contribution is -0.137. The molecule has 0 aromatic rings. The van der Waals surface area contributed by atoms with Crippen molar-refractivity contribution in [2.75, 3.05) is 13.1 Å². The summed E-state index contributed by atoms with van der Waals surface area (Å²) < 4.78 is 0. The van der Waals surface area contributed by atoms with Crippen LogP contribution in [0, 0.1) is 0 Å². The first kappa shape index (κ1) is 18.0. The van der Waals surface area contributed by atoms with Crippen LogP contribution in [0.4, 0.5) is 0 Å². The van der Waals surface area contributed by atoms with E-state index in [1.165, 1.54) is 17.1 Å². The standard InChI is InChI=1S/C12H16N2O4.C2H6/c15-9-7-13-10(16)4-2-1-3-8-14-11(17)5-6-12(14)18;1-2/h5-6,9H,1-4,7-8H2,(H,13,16);1-2H3. The fourth-order valence-corrected chi connectivity index (χ4v) is 1.63. The Morgan fingerprint density at radius 2 is 1.75 bits per heavy atom. The van der Waals surface area contributed by atoms with Crippen LogP contribution >= 0.6 is 0 Å². The van der Waals surface area contributed by atoms with Gasteiger partial charge in [-0.05, 0) is 12.8 Å². The average Bonchev–Trinajstić information content (AvgIpc) is 2.78. The molecule has 1 aliphatic heterocycles. The SMILES string of the molecule is CC.O=CCNC(=O)CCCCCN1C(=O)C=CC1=O. The van der Waals surface area contributed by atoms with Gasteiger partial charge in [0.2, 0.25) is 5.91 Å². The third kappa shape index (κ3) is 6.82. The molecular formula is C14H22N2O4. The van der Waals surface area contributed by atoms with Crippen LogP contribution in [-0.4, -0.2) is 42.0 Å². The van der Waals surface area contributed by atoms with Gasteiger partial charge in [0.1, 0.15) is 6.29 Å². The van der Waals surface area contributed by atoms with Crippen LogP contribution in [0.3, 0.4) is 0 Å². The van der Waals surface area contributed by atoms with Gasteiger partial charge < -0.3 is 10.1 Å². The van der Waals surface area contributed by atoms with Gasteiger partial charge in [0.15, 0.2) is 0 Å². The van der Waals surface area contributed by atoms with Crippen LogP contribution in [0.15, 0.2) is 12.2 Å². The van der Waals surface area contributed by atoms with Crippen LogP contribution in [0.1, 0.15) is 39.5 Å². The summed E-state index contributed by atoms with van der Waals surface area (Å²) in [6.07, 6.45) is 5.62. The highest BCUT2D eigenvalue weighted by Crippen LogP contribution is 2.07. The third-order valence-corrected chi connectivity index (χ3v) is 2.57. The normalized spacial score (nSPS) is 13.0. The largest absolute Gasteiger partial charge is 0.349 e. The summed E-state index contributed by atoms with van der Waals surface area (Å²) in [5, 5.41) is 2.44. The summed E-state index contributed by atoms with van der Waals surface area (Å²) in [7, 11) is 0. The molecule has 0 saturated heterocycles. The zero-order valence-electron chi connectivity index (χ0n) is 12.1. The molecule has 1 aliphatic rings. The summed E-state index contributed by atoms with van der Waals surface area (Å²) in [5.74, 6) is -0.704. The number of nitrogens with one attached hydrogen (secondary N) is 1. The van der Waals surface area contributed by atoms with Crippen molar-refractivity contribution < 1.29 is 19.2 Å². The molecule has 6 nitrogen and oxygen atoms in total. The summed E-state index contributed by atoms with van der Waals surface area (Å²) >= 11 is 0. The van der Waals surface area contributed by atoms with Gasteiger partial charge in [-0.25, -0.2) is 0 Å². The topological polar surface area (TPSA) is 83.6 Å². The Bertz CT molecular complexity index is 359. The second-order valence-corrected chi connectivity index (χ2v) is 3.94. The van der Waals surface area contributed by atoms with Crippen LogP contribution in [0.2, 0.25) is 0 Å². The lowest BCUT2D eigenvalue weighted by Crippen LogP contribution is -2.30. The minimum atomic E-state index is -0.274. The number of imide groups is 1. The minimum Gasteiger partial charge on any atom is -0.349 e. The number of hydrogen-bond acceptors (Lipinski definition) is 4. The Hall–Kier alpha value is -1.98. The molecule has 0 aromatic carbocycles. The molecule has 112 valence electrons. The van der Waals surface area contributed by atoms with Crippen molar-refractivity contribution in [1.29, 1.82) is 0 Å².